The summed E-state index contributed by atoms with van der Waals surface area (Å²) in [5, 5.41) is 5.49. The van der Waals surface area contributed by atoms with E-state index in [-0.39, 0.29) is 25.2 Å². The van der Waals surface area contributed by atoms with E-state index < -0.39 is 0 Å². The van der Waals surface area contributed by atoms with E-state index in [9.17, 15) is 9.59 Å². The minimum Gasteiger partial charge on any atom is -0.454 e. The zero-order valence-corrected chi connectivity index (χ0v) is 12.8. The molecule has 1 aliphatic heterocycles. The van der Waals surface area contributed by atoms with E-state index in [0.717, 1.165) is 0 Å². The number of carbonyl (C=O) groups is 2. The van der Waals surface area contributed by atoms with Gasteiger partial charge in [-0.1, -0.05) is 0 Å². The number of carbonyl (C=O) groups excluding carboxylic acids is 2. The van der Waals surface area contributed by atoms with Crippen LogP contribution >= 0.6 is 0 Å². The maximum atomic E-state index is 11.9. The molecule has 0 unspecified atom stereocenters. The highest BCUT2D eigenvalue weighted by Crippen LogP contribution is 2.34. The molecule has 0 fully saturated rings. The molecule has 0 aliphatic carbocycles. The van der Waals surface area contributed by atoms with Gasteiger partial charge in [-0.05, 0) is 26.0 Å². The summed E-state index contributed by atoms with van der Waals surface area (Å²) in [5.74, 6) is 1.12. The van der Waals surface area contributed by atoms with Crippen molar-refractivity contribution in [1.29, 1.82) is 0 Å². The summed E-state index contributed by atoms with van der Waals surface area (Å²) in [5.41, 5.74) is 0.643. The van der Waals surface area contributed by atoms with Crippen LogP contribution in [0.1, 0.15) is 20.3 Å². The van der Waals surface area contributed by atoms with Gasteiger partial charge < -0.3 is 25.0 Å². The molecule has 0 radical (unpaired) electrons. The van der Waals surface area contributed by atoms with Gasteiger partial charge in [-0.25, -0.2) is 4.79 Å². The van der Waals surface area contributed by atoms with Gasteiger partial charge >= 0.3 is 6.03 Å². The van der Waals surface area contributed by atoms with E-state index in [2.05, 4.69) is 10.6 Å². The lowest BCUT2D eigenvalue weighted by atomic mass is 10.2. The lowest BCUT2D eigenvalue weighted by Crippen LogP contribution is -2.40. The Morgan fingerprint density at radius 3 is 2.64 bits per heavy atom. The Morgan fingerprint density at radius 1 is 1.18 bits per heavy atom. The van der Waals surface area contributed by atoms with E-state index in [1.807, 2.05) is 13.8 Å². The second-order valence-electron chi connectivity index (χ2n) is 4.77. The summed E-state index contributed by atoms with van der Waals surface area (Å²) in [7, 11) is 0. The fourth-order valence-corrected chi connectivity index (χ4v) is 2.10. The molecule has 7 nitrogen and oxygen atoms in total. The van der Waals surface area contributed by atoms with Crippen LogP contribution in [0.4, 0.5) is 10.5 Å². The maximum absolute atomic E-state index is 11.9. The molecule has 0 spiro atoms. The number of benzene rings is 1. The Morgan fingerprint density at radius 2 is 1.91 bits per heavy atom. The highest BCUT2D eigenvalue weighted by atomic mass is 16.7. The van der Waals surface area contributed by atoms with Crippen molar-refractivity contribution in [3.63, 3.8) is 0 Å². The highest BCUT2D eigenvalue weighted by molar-refractivity contribution is 5.91. The van der Waals surface area contributed by atoms with Crippen LogP contribution in [0.2, 0.25) is 0 Å². The van der Waals surface area contributed by atoms with Crippen molar-refractivity contribution in [2.75, 3.05) is 31.7 Å². The number of fused-ring (bicyclic) bond motifs is 1. The van der Waals surface area contributed by atoms with Gasteiger partial charge in [0, 0.05) is 37.8 Å². The van der Waals surface area contributed by atoms with E-state index in [1.165, 1.54) is 0 Å². The molecule has 0 aromatic heterocycles. The van der Waals surface area contributed by atoms with Gasteiger partial charge in [-0.2, -0.15) is 0 Å². The molecular formula is C15H21N3O4. The molecule has 2 N–H and O–H groups in total. The predicted molar refractivity (Wildman–Crippen MR) is 82.1 cm³/mol. The van der Waals surface area contributed by atoms with Crippen molar-refractivity contribution in [3.8, 4) is 11.5 Å². The molecule has 0 atom stereocenters. The van der Waals surface area contributed by atoms with Gasteiger partial charge in [-0.15, -0.1) is 0 Å². The summed E-state index contributed by atoms with van der Waals surface area (Å²) in [4.78, 5) is 25.2. The molecule has 1 heterocycles. The number of ether oxygens (including phenoxy) is 2. The second-order valence-corrected chi connectivity index (χ2v) is 4.77. The van der Waals surface area contributed by atoms with Crippen molar-refractivity contribution in [2.45, 2.75) is 20.3 Å². The first-order valence-electron chi connectivity index (χ1n) is 7.36. The minimum atomic E-state index is -0.168. The second kappa shape index (κ2) is 7.53. The molecule has 1 aliphatic rings. The molecule has 3 amide bonds. The van der Waals surface area contributed by atoms with Crippen LogP contribution in [-0.4, -0.2) is 43.3 Å². The SMILES string of the molecule is CCN(CC)C(=O)NCCC(=O)Nc1ccc2c(c1)OCO2. The summed E-state index contributed by atoms with van der Waals surface area (Å²) >= 11 is 0. The lowest BCUT2D eigenvalue weighted by Gasteiger charge is -2.19. The molecular weight excluding hydrogens is 286 g/mol. The zero-order valence-electron chi connectivity index (χ0n) is 12.8. The Bertz CT molecular complexity index is 544. The fraction of sp³-hybridized carbons (Fsp3) is 0.467. The Labute approximate surface area is 129 Å². The monoisotopic (exact) mass is 307 g/mol. The third-order valence-electron chi connectivity index (χ3n) is 3.34. The van der Waals surface area contributed by atoms with Gasteiger partial charge in [-0.3, -0.25) is 4.79 Å². The molecule has 1 aromatic carbocycles. The Hall–Kier alpha value is -2.44. The number of nitrogens with zero attached hydrogens (tertiary/aromatic N) is 1. The van der Waals surface area contributed by atoms with Crippen LogP contribution in [0.25, 0.3) is 0 Å². The topological polar surface area (TPSA) is 79.9 Å². The summed E-state index contributed by atoms with van der Waals surface area (Å²) in [6.45, 7) is 5.61. The quantitative estimate of drug-likeness (QED) is 0.840. The van der Waals surface area contributed by atoms with Gasteiger partial charge in [0.05, 0.1) is 0 Å². The number of urea groups is 1. The largest absolute Gasteiger partial charge is 0.454 e. The van der Waals surface area contributed by atoms with Crippen molar-refractivity contribution in [3.05, 3.63) is 18.2 Å². The van der Waals surface area contributed by atoms with Crippen LogP contribution in [0, 0.1) is 0 Å². The van der Waals surface area contributed by atoms with Crippen LogP contribution < -0.4 is 20.1 Å². The average molecular weight is 307 g/mol. The summed E-state index contributed by atoms with van der Waals surface area (Å²) < 4.78 is 10.5. The third kappa shape index (κ3) is 4.03. The number of hydrogen-bond donors (Lipinski definition) is 2. The summed E-state index contributed by atoms with van der Waals surface area (Å²) in [6.07, 6.45) is 0.210. The number of hydrogen-bond acceptors (Lipinski definition) is 4. The summed E-state index contributed by atoms with van der Waals surface area (Å²) in [6, 6.07) is 5.07. The zero-order chi connectivity index (χ0) is 15.9. The molecule has 120 valence electrons. The van der Waals surface area contributed by atoms with E-state index in [4.69, 9.17) is 9.47 Å². The average Bonchev–Trinajstić information content (AvgIpc) is 2.96. The predicted octanol–water partition coefficient (Wildman–Crippen LogP) is 1.80. The first kappa shape index (κ1) is 15.9. The number of amides is 3. The van der Waals surface area contributed by atoms with E-state index in [0.29, 0.717) is 36.8 Å². The lowest BCUT2D eigenvalue weighted by molar-refractivity contribution is -0.116. The van der Waals surface area contributed by atoms with Gasteiger partial charge in [0.2, 0.25) is 12.7 Å². The van der Waals surface area contributed by atoms with E-state index >= 15 is 0 Å². The van der Waals surface area contributed by atoms with Gasteiger partial charge in [0.1, 0.15) is 0 Å². The van der Waals surface area contributed by atoms with Crippen molar-refractivity contribution in [1.82, 2.24) is 10.2 Å². The molecule has 0 saturated heterocycles. The van der Waals surface area contributed by atoms with Crippen LogP contribution in [0.15, 0.2) is 18.2 Å². The van der Waals surface area contributed by atoms with Gasteiger partial charge in [0.25, 0.3) is 0 Å². The molecule has 0 saturated carbocycles. The van der Waals surface area contributed by atoms with Crippen molar-refractivity contribution in [2.24, 2.45) is 0 Å². The Balaban J connectivity index is 1.75. The fourth-order valence-electron chi connectivity index (χ4n) is 2.10. The first-order valence-corrected chi connectivity index (χ1v) is 7.36. The van der Waals surface area contributed by atoms with Crippen LogP contribution in [0.3, 0.4) is 0 Å². The maximum Gasteiger partial charge on any atom is 0.317 e. The van der Waals surface area contributed by atoms with Crippen LogP contribution in [-0.2, 0) is 4.79 Å². The number of anilines is 1. The standard InChI is InChI=1S/C15H21N3O4/c1-3-18(4-2)15(20)16-8-7-14(19)17-11-5-6-12-13(9-11)22-10-21-12/h5-6,9H,3-4,7-8,10H2,1-2H3,(H,16,20)(H,17,19). The first-order chi connectivity index (χ1) is 10.6. The molecule has 7 heteroatoms. The van der Waals surface area contributed by atoms with Crippen LogP contribution in [0.5, 0.6) is 11.5 Å². The normalized spacial score (nSPS) is 11.9. The highest BCUT2D eigenvalue weighted by Gasteiger charge is 2.14. The molecule has 2 rings (SSSR count). The minimum absolute atomic E-state index is 0.152. The number of nitrogens with one attached hydrogen (secondary N) is 2. The third-order valence-corrected chi connectivity index (χ3v) is 3.34. The molecule has 22 heavy (non-hydrogen) atoms. The van der Waals surface area contributed by atoms with E-state index in [1.54, 1.807) is 23.1 Å². The number of rotatable bonds is 6. The van der Waals surface area contributed by atoms with Crippen molar-refractivity contribution < 1.29 is 19.1 Å². The molecule has 1 aromatic rings. The smallest absolute Gasteiger partial charge is 0.317 e. The Kier molecular flexibility index (Phi) is 5.46. The van der Waals surface area contributed by atoms with Crippen molar-refractivity contribution >= 4 is 17.6 Å². The van der Waals surface area contributed by atoms with Gasteiger partial charge in [0.15, 0.2) is 11.5 Å². The molecule has 0 bridgehead atoms.